The molecule has 0 N–H and O–H groups in total. The minimum Gasteiger partial charge on any atom is -0.379 e. The lowest BCUT2D eigenvalue weighted by Gasteiger charge is -2.31. The molecule has 0 bridgehead atoms. The Morgan fingerprint density at radius 3 is 2.63 bits per heavy atom. The zero-order valence-electron chi connectivity index (χ0n) is 10.9. The van der Waals surface area contributed by atoms with Crippen LogP contribution in [0, 0.1) is 0 Å². The second kappa shape index (κ2) is 4.77. The maximum Gasteiger partial charge on any atom is 0.304 e. The molecule has 1 aromatic rings. The minimum absolute atomic E-state index is 0.243. The highest BCUT2D eigenvalue weighted by Gasteiger charge is 2.37. The van der Waals surface area contributed by atoms with E-state index in [1.807, 2.05) is 24.3 Å². The number of benzene rings is 1. The van der Waals surface area contributed by atoms with Crippen molar-refractivity contribution in [3.8, 4) is 0 Å². The van der Waals surface area contributed by atoms with E-state index in [-0.39, 0.29) is 5.92 Å². The Bertz CT molecular complexity index is 567. The van der Waals surface area contributed by atoms with E-state index in [0.29, 0.717) is 32.8 Å². The number of morpholine rings is 1. The van der Waals surface area contributed by atoms with Crippen LogP contribution in [0.3, 0.4) is 0 Å². The lowest BCUT2D eigenvalue weighted by molar-refractivity contribution is 0.0729. The van der Waals surface area contributed by atoms with Crippen molar-refractivity contribution in [3.05, 3.63) is 29.8 Å². The van der Waals surface area contributed by atoms with Crippen LogP contribution < -0.4 is 4.31 Å². The van der Waals surface area contributed by atoms with Gasteiger partial charge in [-0.3, -0.25) is 4.31 Å². The van der Waals surface area contributed by atoms with E-state index in [2.05, 4.69) is 6.92 Å². The molecule has 0 amide bonds. The number of hydrogen-bond donors (Lipinski definition) is 0. The summed E-state index contributed by atoms with van der Waals surface area (Å²) >= 11 is 0. The summed E-state index contributed by atoms with van der Waals surface area (Å²) in [5, 5.41) is 0. The molecule has 0 spiro atoms. The van der Waals surface area contributed by atoms with E-state index in [9.17, 15) is 8.42 Å². The van der Waals surface area contributed by atoms with Gasteiger partial charge in [-0.15, -0.1) is 0 Å². The molecule has 2 heterocycles. The monoisotopic (exact) mass is 282 g/mol. The van der Waals surface area contributed by atoms with E-state index in [1.54, 1.807) is 4.31 Å². The van der Waals surface area contributed by atoms with Gasteiger partial charge < -0.3 is 4.74 Å². The van der Waals surface area contributed by atoms with Crippen LogP contribution in [0.15, 0.2) is 24.3 Å². The highest BCUT2D eigenvalue weighted by atomic mass is 32.2. The Kier molecular flexibility index (Phi) is 3.24. The van der Waals surface area contributed by atoms with Crippen LogP contribution in [-0.2, 0) is 14.9 Å². The minimum atomic E-state index is -3.42. The Morgan fingerprint density at radius 2 is 1.89 bits per heavy atom. The zero-order chi connectivity index (χ0) is 13.5. The van der Waals surface area contributed by atoms with Crippen molar-refractivity contribution in [3.63, 3.8) is 0 Å². The fourth-order valence-electron chi connectivity index (χ4n) is 2.71. The quantitative estimate of drug-likeness (QED) is 0.818. The fraction of sp³-hybridized carbons (Fsp3) is 0.538. The molecular weight excluding hydrogens is 264 g/mol. The SMILES string of the molecule is CC1CN(S(=O)(=O)N2CCOCC2)c2ccccc21. The number of anilines is 1. The van der Waals surface area contributed by atoms with E-state index in [1.165, 1.54) is 4.31 Å². The number of nitrogens with zero attached hydrogens (tertiary/aromatic N) is 2. The molecule has 104 valence electrons. The van der Waals surface area contributed by atoms with Crippen LogP contribution in [-0.4, -0.2) is 45.6 Å². The molecule has 2 aliphatic rings. The zero-order valence-corrected chi connectivity index (χ0v) is 11.8. The number of para-hydroxylation sites is 1. The molecule has 0 radical (unpaired) electrons. The van der Waals surface area contributed by atoms with Gasteiger partial charge in [0.05, 0.1) is 18.9 Å². The van der Waals surface area contributed by atoms with Crippen molar-refractivity contribution in [2.75, 3.05) is 37.2 Å². The first kappa shape index (κ1) is 12.9. The molecule has 6 heteroatoms. The summed E-state index contributed by atoms with van der Waals surface area (Å²) in [6, 6.07) is 7.74. The average Bonchev–Trinajstić information content (AvgIpc) is 2.79. The van der Waals surface area contributed by atoms with Gasteiger partial charge in [0.2, 0.25) is 0 Å². The van der Waals surface area contributed by atoms with E-state index < -0.39 is 10.2 Å². The summed E-state index contributed by atoms with van der Waals surface area (Å²) < 4.78 is 33.7. The van der Waals surface area contributed by atoms with Crippen molar-refractivity contribution >= 4 is 15.9 Å². The Labute approximate surface area is 114 Å². The largest absolute Gasteiger partial charge is 0.379 e. The third-order valence-corrected chi connectivity index (χ3v) is 5.67. The normalized spacial score (nSPS) is 24.5. The molecule has 19 heavy (non-hydrogen) atoms. The maximum absolute atomic E-state index is 12.7. The summed E-state index contributed by atoms with van der Waals surface area (Å²) in [6.45, 7) is 4.42. The Balaban J connectivity index is 1.95. The van der Waals surface area contributed by atoms with Gasteiger partial charge in [0.1, 0.15) is 0 Å². The first-order chi connectivity index (χ1) is 9.10. The molecule has 1 atom stereocenters. The van der Waals surface area contributed by atoms with Gasteiger partial charge in [-0.2, -0.15) is 12.7 Å². The van der Waals surface area contributed by atoms with Crippen LogP contribution in [0.4, 0.5) is 5.69 Å². The van der Waals surface area contributed by atoms with Crippen LogP contribution in [0.1, 0.15) is 18.4 Å². The van der Waals surface area contributed by atoms with Gasteiger partial charge in [0.15, 0.2) is 0 Å². The van der Waals surface area contributed by atoms with Crippen molar-refractivity contribution in [1.82, 2.24) is 4.31 Å². The highest BCUT2D eigenvalue weighted by Crippen LogP contribution is 2.38. The van der Waals surface area contributed by atoms with E-state index in [4.69, 9.17) is 4.74 Å². The van der Waals surface area contributed by atoms with Crippen molar-refractivity contribution < 1.29 is 13.2 Å². The topological polar surface area (TPSA) is 49.9 Å². The predicted molar refractivity (Wildman–Crippen MR) is 73.5 cm³/mol. The molecular formula is C13H18N2O3S. The Morgan fingerprint density at radius 1 is 1.21 bits per heavy atom. The molecule has 0 saturated carbocycles. The lowest BCUT2D eigenvalue weighted by Crippen LogP contribution is -2.48. The van der Waals surface area contributed by atoms with Crippen molar-refractivity contribution in [2.24, 2.45) is 0 Å². The molecule has 1 unspecified atom stereocenters. The standard InChI is InChI=1S/C13H18N2O3S/c1-11-10-15(13-5-3-2-4-12(11)13)19(16,17)14-6-8-18-9-7-14/h2-5,11H,6-10H2,1H3. The highest BCUT2D eigenvalue weighted by molar-refractivity contribution is 7.90. The van der Waals surface area contributed by atoms with Gasteiger partial charge in [0, 0.05) is 25.6 Å². The van der Waals surface area contributed by atoms with Gasteiger partial charge in [0.25, 0.3) is 0 Å². The second-order valence-corrected chi connectivity index (χ2v) is 6.86. The number of fused-ring (bicyclic) bond motifs is 1. The molecule has 0 aromatic heterocycles. The summed E-state index contributed by atoms with van der Waals surface area (Å²) in [7, 11) is -3.42. The average molecular weight is 282 g/mol. The number of ether oxygens (including phenoxy) is 1. The molecule has 1 fully saturated rings. The third kappa shape index (κ3) is 2.13. The molecule has 0 aliphatic carbocycles. The van der Waals surface area contributed by atoms with E-state index in [0.717, 1.165) is 11.3 Å². The summed E-state index contributed by atoms with van der Waals surface area (Å²) in [5.41, 5.74) is 1.93. The van der Waals surface area contributed by atoms with Crippen LogP contribution in [0.5, 0.6) is 0 Å². The first-order valence-corrected chi connectivity index (χ1v) is 7.95. The molecule has 3 rings (SSSR count). The second-order valence-electron chi connectivity index (χ2n) is 5.01. The Hall–Kier alpha value is -1.11. The predicted octanol–water partition coefficient (Wildman–Crippen LogP) is 1.19. The smallest absolute Gasteiger partial charge is 0.304 e. The fourth-order valence-corrected chi connectivity index (χ4v) is 4.43. The number of hydrogen-bond acceptors (Lipinski definition) is 3. The van der Waals surface area contributed by atoms with Crippen LogP contribution in [0.2, 0.25) is 0 Å². The van der Waals surface area contributed by atoms with Gasteiger partial charge in [-0.1, -0.05) is 25.1 Å². The summed E-state index contributed by atoms with van der Waals surface area (Å²) in [6.07, 6.45) is 0. The molecule has 1 aromatic carbocycles. The third-order valence-electron chi connectivity index (χ3n) is 3.75. The van der Waals surface area contributed by atoms with E-state index >= 15 is 0 Å². The van der Waals surface area contributed by atoms with Gasteiger partial charge in [-0.25, -0.2) is 0 Å². The number of rotatable bonds is 2. The lowest BCUT2D eigenvalue weighted by atomic mass is 10.0. The first-order valence-electron chi connectivity index (χ1n) is 6.55. The maximum atomic E-state index is 12.7. The molecule has 2 aliphatic heterocycles. The van der Waals surface area contributed by atoms with Crippen molar-refractivity contribution in [1.29, 1.82) is 0 Å². The molecule has 5 nitrogen and oxygen atoms in total. The summed E-state index contributed by atoms with van der Waals surface area (Å²) in [4.78, 5) is 0. The van der Waals surface area contributed by atoms with Crippen molar-refractivity contribution in [2.45, 2.75) is 12.8 Å². The van der Waals surface area contributed by atoms with Crippen LogP contribution in [0.25, 0.3) is 0 Å². The molecule has 1 saturated heterocycles. The van der Waals surface area contributed by atoms with Crippen LogP contribution >= 0.6 is 0 Å². The van der Waals surface area contributed by atoms with Gasteiger partial charge >= 0.3 is 10.2 Å². The summed E-state index contributed by atoms with van der Waals surface area (Å²) in [5.74, 6) is 0.243. The van der Waals surface area contributed by atoms with Gasteiger partial charge in [-0.05, 0) is 11.6 Å².